The summed E-state index contributed by atoms with van der Waals surface area (Å²) in [6, 6.07) is 14.0. The molecule has 0 spiro atoms. The Bertz CT molecular complexity index is 883. The van der Waals surface area contributed by atoms with Crippen LogP contribution in [0.5, 0.6) is 0 Å². The van der Waals surface area contributed by atoms with Crippen molar-refractivity contribution in [2.24, 2.45) is 0 Å². The van der Waals surface area contributed by atoms with Crippen LogP contribution in [0.15, 0.2) is 42.5 Å². The van der Waals surface area contributed by atoms with Gasteiger partial charge in [0.15, 0.2) is 0 Å². The van der Waals surface area contributed by atoms with Gasteiger partial charge in [-0.1, -0.05) is 47.5 Å². The Morgan fingerprint density at radius 3 is 2.17 bits per heavy atom. The molecule has 0 aromatic heterocycles. The van der Waals surface area contributed by atoms with E-state index in [2.05, 4.69) is 29.2 Å². The summed E-state index contributed by atoms with van der Waals surface area (Å²) in [6.45, 7) is 4.80. The molecule has 1 aliphatic carbocycles. The minimum Gasteiger partial charge on any atom is -0.530 e. The van der Waals surface area contributed by atoms with Crippen molar-refractivity contribution < 1.29 is 14.6 Å². The smallest absolute Gasteiger partial charge is 0.137 e. The fourth-order valence-electron chi connectivity index (χ4n) is 4.64. The number of hydrogen-bond donors (Lipinski definition) is 0. The van der Waals surface area contributed by atoms with Gasteiger partial charge < -0.3 is 19.5 Å². The Labute approximate surface area is 187 Å². The topological polar surface area (TPSA) is 55.8 Å². The highest BCUT2D eigenvalue weighted by Crippen LogP contribution is 2.37. The number of benzene rings is 2. The van der Waals surface area contributed by atoms with Gasteiger partial charge in [0.1, 0.15) is 6.09 Å². The van der Waals surface area contributed by atoms with Crippen LogP contribution in [0.1, 0.15) is 29.7 Å². The summed E-state index contributed by atoms with van der Waals surface area (Å²) in [5, 5.41) is 12.4. The summed E-state index contributed by atoms with van der Waals surface area (Å²) in [6.07, 6.45) is 0.516. The Balaban J connectivity index is 1.52. The molecule has 1 unspecified atom stereocenters. The van der Waals surface area contributed by atoms with E-state index >= 15 is 0 Å². The van der Waals surface area contributed by atoms with E-state index in [1.807, 2.05) is 19.1 Å². The van der Waals surface area contributed by atoms with E-state index in [1.54, 1.807) is 6.07 Å². The number of piperazine rings is 1. The van der Waals surface area contributed by atoms with Gasteiger partial charge in [-0.3, -0.25) is 4.90 Å². The molecule has 4 rings (SSSR count). The molecular weight excluding hydrogens is 423 g/mol. The van der Waals surface area contributed by atoms with Gasteiger partial charge in [-0.25, -0.2) is 0 Å². The molecule has 1 aliphatic heterocycles. The van der Waals surface area contributed by atoms with E-state index in [0.717, 1.165) is 18.4 Å². The minimum absolute atomic E-state index is 0.161. The molecule has 2 aromatic carbocycles. The SMILES string of the molecule is CC(OCC1(N2CCN(C(=O)[O-])CC2)Cc2ccccc2C1)c1cc(Cl)cc(Cl)c1. The molecule has 1 atom stereocenters. The van der Waals surface area contributed by atoms with Gasteiger partial charge in [0.25, 0.3) is 0 Å². The van der Waals surface area contributed by atoms with Crippen LogP contribution < -0.4 is 5.11 Å². The van der Waals surface area contributed by atoms with Gasteiger partial charge in [-0.2, -0.15) is 0 Å². The molecule has 7 heteroatoms. The van der Waals surface area contributed by atoms with Crippen molar-refractivity contribution in [3.05, 3.63) is 69.2 Å². The number of carbonyl (C=O) groups excluding carboxylic acids is 1. The standard InChI is InChI=1S/C23H26Cl2N2O3/c1-16(19-10-20(24)12-21(25)11-19)30-15-23(13-17-4-2-3-5-18(17)14-23)27-8-6-26(7-9-27)22(28)29/h2-5,10-12,16H,6-9,13-15H2,1H3,(H,28,29)/p-1. The average Bonchev–Trinajstić information content (AvgIpc) is 3.11. The maximum atomic E-state index is 11.2. The molecule has 5 nitrogen and oxygen atoms in total. The number of halogens is 2. The monoisotopic (exact) mass is 447 g/mol. The zero-order valence-corrected chi connectivity index (χ0v) is 18.5. The van der Waals surface area contributed by atoms with Crippen LogP contribution in [0.2, 0.25) is 10.0 Å². The van der Waals surface area contributed by atoms with Crippen LogP contribution in [0.3, 0.4) is 0 Å². The highest BCUT2D eigenvalue weighted by molar-refractivity contribution is 6.34. The fraction of sp³-hybridized carbons (Fsp3) is 0.435. The molecule has 1 heterocycles. The van der Waals surface area contributed by atoms with Crippen LogP contribution in [0.25, 0.3) is 0 Å². The minimum atomic E-state index is -1.10. The van der Waals surface area contributed by atoms with Crippen LogP contribution in [-0.4, -0.2) is 54.2 Å². The highest BCUT2D eigenvalue weighted by atomic mass is 35.5. The predicted octanol–water partition coefficient (Wildman–Crippen LogP) is 3.57. The Kier molecular flexibility index (Phi) is 6.26. The van der Waals surface area contributed by atoms with E-state index in [0.29, 0.717) is 42.8 Å². The molecule has 0 N–H and O–H groups in total. The van der Waals surface area contributed by atoms with Crippen molar-refractivity contribution in [2.75, 3.05) is 32.8 Å². The first-order chi connectivity index (χ1) is 14.4. The quantitative estimate of drug-likeness (QED) is 0.702. The Morgan fingerprint density at radius 1 is 1.07 bits per heavy atom. The number of nitrogens with zero attached hydrogens (tertiary/aromatic N) is 2. The molecule has 30 heavy (non-hydrogen) atoms. The van der Waals surface area contributed by atoms with Crippen molar-refractivity contribution in [2.45, 2.75) is 31.4 Å². The van der Waals surface area contributed by atoms with Gasteiger partial charge >= 0.3 is 0 Å². The first-order valence-electron chi connectivity index (χ1n) is 10.2. The lowest BCUT2D eigenvalue weighted by Crippen LogP contribution is -2.61. The average molecular weight is 448 g/mol. The summed E-state index contributed by atoms with van der Waals surface area (Å²) in [5.74, 6) is 0. The number of ether oxygens (including phenoxy) is 1. The van der Waals surface area contributed by atoms with Crippen LogP contribution in [-0.2, 0) is 17.6 Å². The first kappa shape index (κ1) is 21.4. The van der Waals surface area contributed by atoms with Crippen LogP contribution >= 0.6 is 23.2 Å². The molecule has 1 amide bonds. The lowest BCUT2D eigenvalue weighted by atomic mass is 9.93. The fourth-order valence-corrected chi connectivity index (χ4v) is 5.18. The van der Waals surface area contributed by atoms with E-state index in [1.165, 1.54) is 16.0 Å². The largest absolute Gasteiger partial charge is 0.530 e. The Hall–Kier alpha value is -1.79. The van der Waals surface area contributed by atoms with Crippen molar-refractivity contribution in [1.82, 2.24) is 9.80 Å². The molecule has 2 aromatic rings. The molecular formula is C23H25Cl2N2O3-. The van der Waals surface area contributed by atoms with Crippen LogP contribution in [0, 0.1) is 0 Å². The molecule has 0 radical (unpaired) electrons. The summed E-state index contributed by atoms with van der Waals surface area (Å²) < 4.78 is 6.38. The van der Waals surface area contributed by atoms with Gasteiger partial charge in [0.05, 0.1) is 18.2 Å². The third kappa shape index (κ3) is 4.45. The molecule has 1 fully saturated rings. The number of carboxylic acid groups (broad SMARTS) is 1. The second-order valence-electron chi connectivity index (χ2n) is 8.24. The maximum absolute atomic E-state index is 11.2. The van der Waals surface area contributed by atoms with Gasteiger partial charge in [0, 0.05) is 36.2 Å². The van der Waals surface area contributed by atoms with Crippen molar-refractivity contribution in [3.63, 3.8) is 0 Å². The van der Waals surface area contributed by atoms with E-state index in [-0.39, 0.29) is 11.6 Å². The summed E-state index contributed by atoms with van der Waals surface area (Å²) >= 11 is 12.3. The van der Waals surface area contributed by atoms with Gasteiger partial charge in [-0.15, -0.1) is 0 Å². The van der Waals surface area contributed by atoms with E-state index in [4.69, 9.17) is 27.9 Å². The number of hydrogen-bond acceptors (Lipinski definition) is 4. The molecule has 1 saturated heterocycles. The van der Waals surface area contributed by atoms with Crippen molar-refractivity contribution in [3.8, 4) is 0 Å². The van der Waals surface area contributed by atoms with Gasteiger partial charge in [-0.05, 0) is 54.7 Å². The lowest BCUT2D eigenvalue weighted by Gasteiger charge is -2.46. The summed E-state index contributed by atoms with van der Waals surface area (Å²) in [7, 11) is 0. The predicted molar refractivity (Wildman–Crippen MR) is 116 cm³/mol. The summed E-state index contributed by atoms with van der Waals surface area (Å²) in [4.78, 5) is 15.0. The molecule has 2 aliphatic rings. The van der Waals surface area contributed by atoms with Crippen LogP contribution in [0.4, 0.5) is 4.79 Å². The Morgan fingerprint density at radius 2 is 1.63 bits per heavy atom. The summed E-state index contributed by atoms with van der Waals surface area (Å²) in [5.41, 5.74) is 3.42. The number of carbonyl (C=O) groups is 1. The first-order valence-corrected chi connectivity index (χ1v) is 11.0. The van der Waals surface area contributed by atoms with Crippen molar-refractivity contribution >= 4 is 29.3 Å². The number of amides is 1. The lowest BCUT2D eigenvalue weighted by molar-refractivity contribution is -0.267. The maximum Gasteiger partial charge on any atom is 0.137 e. The zero-order valence-electron chi connectivity index (χ0n) is 16.9. The van der Waals surface area contributed by atoms with Gasteiger partial charge in [0.2, 0.25) is 0 Å². The third-order valence-corrected chi connectivity index (χ3v) is 6.76. The highest BCUT2D eigenvalue weighted by Gasteiger charge is 2.43. The van der Waals surface area contributed by atoms with E-state index in [9.17, 15) is 9.90 Å². The third-order valence-electron chi connectivity index (χ3n) is 6.32. The molecule has 0 saturated carbocycles. The molecule has 0 bridgehead atoms. The number of rotatable bonds is 5. The number of fused-ring (bicyclic) bond motifs is 1. The van der Waals surface area contributed by atoms with E-state index < -0.39 is 6.09 Å². The van der Waals surface area contributed by atoms with Crippen molar-refractivity contribution in [1.29, 1.82) is 0 Å². The second-order valence-corrected chi connectivity index (χ2v) is 9.12. The zero-order chi connectivity index (χ0) is 21.3. The second kappa shape index (κ2) is 8.75. The normalized spacial score (nSPS) is 19.5. The molecule has 160 valence electrons.